The Kier molecular flexibility index (Phi) is 3.84. The fourth-order valence-corrected chi connectivity index (χ4v) is 7.23. The van der Waals surface area contributed by atoms with Gasteiger partial charge in [-0.1, -0.05) is 0 Å². The number of rotatable bonds is 3. The van der Waals surface area contributed by atoms with Crippen LogP contribution in [0.5, 0.6) is 0 Å². The molecule has 0 spiro atoms. The van der Waals surface area contributed by atoms with E-state index in [1.54, 1.807) is 16.0 Å². The molecule has 0 aliphatic heterocycles. The van der Waals surface area contributed by atoms with Crippen LogP contribution in [0.1, 0.15) is 60.4 Å². The third-order valence-corrected chi connectivity index (χ3v) is 8.49. The summed E-state index contributed by atoms with van der Waals surface area (Å²) in [7, 11) is 1.84. The maximum Gasteiger partial charge on any atom is 0.279 e. The van der Waals surface area contributed by atoms with Crippen LogP contribution in [0.4, 0.5) is 5.13 Å². The summed E-state index contributed by atoms with van der Waals surface area (Å²) in [4.78, 5) is 17.5. The van der Waals surface area contributed by atoms with Crippen molar-refractivity contribution in [2.45, 2.75) is 50.9 Å². The summed E-state index contributed by atoms with van der Waals surface area (Å²) in [5, 5.41) is 10.1. The van der Waals surface area contributed by atoms with Gasteiger partial charge in [-0.05, 0) is 79.1 Å². The second-order valence-electron chi connectivity index (χ2n) is 8.56. The zero-order valence-electron chi connectivity index (χ0n) is 15.1. The topological polar surface area (TPSA) is 59.8 Å². The van der Waals surface area contributed by atoms with E-state index in [2.05, 4.69) is 31.7 Å². The summed E-state index contributed by atoms with van der Waals surface area (Å²) >= 11 is 5.01. The van der Waals surface area contributed by atoms with Gasteiger partial charge in [0.1, 0.15) is 0 Å². The third kappa shape index (κ3) is 2.58. The van der Waals surface area contributed by atoms with Gasteiger partial charge in [-0.25, -0.2) is 4.98 Å². The van der Waals surface area contributed by atoms with Crippen molar-refractivity contribution in [3.8, 4) is 0 Å². The maximum atomic E-state index is 12.6. The zero-order chi connectivity index (χ0) is 18.1. The zero-order valence-corrected chi connectivity index (χ0v) is 17.5. The molecule has 2 heterocycles. The summed E-state index contributed by atoms with van der Waals surface area (Å²) in [6.45, 7) is 1.93. The number of aromatic nitrogens is 3. The number of halogens is 1. The number of aryl methyl sites for hydroxylation is 1. The first-order valence-corrected chi connectivity index (χ1v) is 11.1. The van der Waals surface area contributed by atoms with E-state index in [-0.39, 0.29) is 11.3 Å². The predicted molar refractivity (Wildman–Crippen MR) is 106 cm³/mol. The van der Waals surface area contributed by atoms with Gasteiger partial charge in [0.25, 0.3) is 5.91 Å². The molecule has 4 fully saturated rings. The minimum absolute atomic E-state index is 0.202. The number of carbonyl (C=O) groups excluding carboxylic acids is 1. The molecule has 0 atom stereocenters. The van der Waals surface area contributed by atoms with Crippen molar-refractivity contribution < 1.29 is 4.79 Å². The van der Waals surface area contributed by atoms with Crippen LogP contribution in [0.3, 0.4) is 0 Å². The minimum Gasteiger partial charge on any atom is -0.296 e. The van der Waals surface area contributed by atoms with Gasteiger partial charge in [0.15, 0.2) is 10.8 Å². The summed E-state index contributed by atoms with van der Waals surface area (Å²) in [6, 6.07) is 0. The lowest BCUT2D eigenvalue weighted by atomic mass is 9.49. The molecule has 0 radical (unpaired) electrons. The monoisotopic (exact) mass is 434 g/mol. The van der Waals surface area contributed by atoms with E-state index in [4.69, 9.17) is 4.98 Å². The average molecular weight is 435 g/mol. The van der Waals surface area contributed by atoms with Crippen molar-refractivity contribution in [2.24, 2.45) is 24.8 Å². The Morgan fingerprint density at radius 3 is 2.42 bits per heavy atom. The second kappa shape index (κ2) is 5.89. The van der Waals surface area contributed by atoms with E-state index in [0.717, 1.165) is 27.9 Å². The average Bonchev–Trinajstić information content (AvgIpc) is 3.15. The molecule has 5 nitrogen and oxygen atoms in total. The Hall–Kier alpha value is -1.21. The fourth-order valence-electron chi connectivity index (χ4n) is 5.88. The van der Waals surface area contributed by atoms with E-state index in [0.29, 0.717) is 10.8 Å². The molecule has 138 valence electrons. The van der Waals surface area contributed by atoms with Crippen LogP contribution in [0.15, 0.2) is 9.85 Å². The van der Waals surface area contributed by atoms with Gasteiger partial charge in [-0.2, -0.15) is 5.10 Å². The van der Waals surface area contributed by atoms with Crippen LogP contribution in [-0.4, -0.2) is 20.7 Å². The van der Waals surface area contributed by atoms with Crippen molar-refractivity contribution in [3.63, 3.8) is 0 Å². The first-order valence-electron chi connectivity index (χ1n) is 9.40. The highest BCUT2D eigenvalue weighted by Crippen LogP contribution is 2.60. The van der Waals surface area contributed by atoms with Crippen LogP contribution >= 0.6 is 27.3 Å². The number of nitrogens with zero attached hydrogens (tertiary/aromatic N) is 3. The minimum atomic E-state index is -0.202. The van der Waals surface area contributed by atoms with Gasteiger partial charge >= 0.3 is 0 Å². The molecule has 1 amide bonds. The molecule has 0 aromatic carbocycles. The van der Waals surface area contributed by atoms with E-state index in [1.807, 2.05) is 14.0 Å². The number of anilines is 1. The molecule has 4 saturated carbocycles. The second-order valence-corrected chi connectivity index (χ2v) is 10.2. The summed E-state index contributed by atoms with van der Waals surface area (Å²) in [5.41, 5.74) is 2.84. The fraction of sp³-hybridized carbons (Fsp3) is 0.632. The highest BCUT2D eigenvalue weighted by molar-refractivity contribution is 9.10. The van der Waals surface area contributed by atoms with E-state index in [1.165, 1.54) is 44.2 Å². The Morgan fingerprint density at radius 2 is 1.88 bits per heavy atom. The number of carbonyl (C=O) groups is 1. The smallest absolute Gasteiger partial charge is 0.279 e. The molecular weight excluding hydrogens is 412 g/mol. The largest absolute Gasteiger partial charge is 0.296 e. The molecule has 2 aromatic rings. The molecule has 26 heavy (non-hydrogen) atoms. The maximum absolute atomic E-state index is 12.6. The van der Waals surface area contributed by atoms with E-state index in [9.17, 15) is 4.79 Å². The molecule has 4 aliphatic carbocycles. The Morgan fingerprint density at radius 1 is 1.27 bits per heavy atom. The molecule has 4 aliphatic rings. The highest BCUT2D eigenvalue weighted by Gasteiger charge is 2.52. The van der Waals surface area contributed by atoms with Crippen molar-refractivity contribution in [3.05, 3.63) is 26.9 Å². The molecule has 6 rings (SSSR count). The van der Waals surface area contributed by atoms with Gasteiger partial charge in [0, 0.05) is 17.8 Å². The number of thiazole rings is 1. The molecule has 7 heteroatoms. The lowest BCUT2D eigenvalue weighted by molar-refractivity contribution is -0.00688. The number of hydrogen-bond acceptors (Lipinski definition) is 4. The number of amides is 1. The van der Waals surface area contributed by atoms with E-state index >= 15 is 0 Å². The lowest BCUT2D eigenvalue weighted by Crippen LogP contribution is -2.48. The standard InChI is InChI=1S/C19H23BrN4OS/c1-10-15(20)16(23-24(10)2)17(25)22-18-21-14(9-26-18)19-6-11-3-12(7-19)5-13(4-11)8-19/h9,11-13H,3-8H2,1-2H3,(H,21,22,25). The molecule has 2 aromatic heterocycles. The Labute approximate surface area is 165 Å². The van der Waals surface area contributed by atoms with Crippen molar-refractivity contribution in [1.82, 2.24) is 14.8 Å². The molecule has 0 unspecified atom stereocenters. The molecule has 0 saturated heterocycles. The normalized spacial score (nSPS) is 32.2. The van der Waals surface area contributed by atoms with Crippen LogP contribution in [-0.2, 0) is 12.5 Å². The van der Waals surface area contributed by atoms with Crippen molar-refractivity contribution in [1.29, 1.82) is 0 Å². The first-order chi connectivity index (χ1) is 12.4. The summed E-state index contributed by atoms with van der Waals surface area (Å²) in [5.74, 6) is 2.49. The van der Waals surface area contributed by atoms with Crippen LogP contribution in [0.25, 0.3) is 0 Å². The highest BCUT2D eigenvalue weighted by atomic mass is 79.9. The number of nitrogens with one attached hydrogen (secondary N) is 1. The molecular formula is C19H23BrN4OS. The quantitative estimate of drug-likeness (QED) is 0.763. The first kappa shape index (κ1) is 16.9. The third-order valence-electron chi connectivity index (χ3n) is 6.78. The lowest BCUT2D eigenvalue weighted by Gasteiger charge is -2.56. The van der Waals surface area contributed by atoms with Crippen molar-refractivity contribution in [2.75, 3.05) is 5.32 Å². The van der Waals surface area contributed by atoms with Crippen LogP contribution in [0, 0.1) is 24.7 Å². The van der Waals surface area contributed by atoms with Gasteiger partial charge in [0.05, 0.1) is 15.9 Å². The Bertz CT molecular complexity index is 851. The predicted octanol–water partition coefficient (Wildman–Crippen LogP) is 4.67. The van der Waals surface area contributed by atoms with Gasteiger partial charge in [-0.3, -0.25) is 14.8 Å². The van der Waals surface area contributed by atoms with Gasteiger partial charge < -0.3 is 0 Å². The number of hydrogen-bond donors (Lipinski definition) is 1. The van der Waals surface area contributed by atoms with Gasteiger partial charge in [0.2, 0.25) is 0 Å². The SMILES string of the molecule is Cc1c(Br)c(C(=O)Nc2nc(C34CC5CC(CC(C5)C3)C4)cs2)nn1C. The van der Waals surface area contributed by atoms with Crippen LogP contribution in [0.2, 0.25) is 0 Å². The summed E-state index contributed by atoms with van der Waals surface area (Å²) in [6.07, 6.45) is 8.17. The molecule has 1 N–H and O–H groups in total. The molecule has 4 bridgehead atoms. The van der Waals surface area contributed by atoms with Crippen LogP contribution < -0.4 is 5.32 Å². The Balaban J connectivity index is 1.37. The van der Waals surface area contributed by atoms with Crippen molar-refractivity contribution >= 4 is 38.3 Å². The van der Waals surface area contributed by atoms with Gasteiger partial charge in [-0.15, -0.1) is 11.3 Å². The van der Waals surface area contributed by atoms with E-state index < -0.39 is 0 Å². The summed E-state index contributed by atoms with van der Waals surface area (Å²) < 4.78 is 2.46.